The summed E-state index contributed by atoms with van der Waals surface area (Å²) in [4.78, 5) is 30.3. The Balaban J connectivity index is 1.28. The molecule has 0 fully saturated rings. The molecule has 0 spiro atoms. The molecule has 3 aromatic heterocycles. The molecule has 0 unspecified atom stereocenters. The van der Waals surface area contributed by atoms with E-state index in [1.54, 1.807) is 35.9 Å². The molecule has 194 valence electrons. The lowest BCUT2D eigenvalue weighted by Gasteiger charge is -2.11. The van der Waals surface area contributed by atoms with E-state index in [2.05, 4.69) is 15.5 Å². The van der Waals surface area contributed by atoms with E-state index >= 15 is 0 Å². The quantitative estimate of drug-likeness (QED) is 0.335. The minimum absolute atomic E-state index is 0.196. The zero-order chi connectivity index (χ0) is 26.9. The summed E-state index contributed by atoms with van der Waals surface area (Å²) in [5.74, 6) is -0.310. The van der Waals surface area contributed by atoms with Crippen LogP contribution in [0.25, 0.3) is 38.4 Å². The first-order valence-electron chi connectivity index (χ1n) is 12.1. The average Bonchev–Trinajstić information content (AvgIpc) is 3.32. The van der Waals surface area contributed by atoms with Gasteiger partial charge in [0, 0.05) is 19.5 Å². The lowest BCUT2D eigenvalue weighted by atomic mass is 10.1. The molecule has 0 bridgehead atoms. The van der Waals surface area contributed by atoms with Crippen LogP contribution in [0.5, 0.6) is 5.75 Å². The molecule has 9 nitrogen and oxygen atoms in total. The van der Waals surface area contributed by atoms with E-state index in [1.165, 1.54) is 24.5 Å². The third-order valence-corrected chi connectivity index (χ3v) is 6.33. The van der Waals surface area contributed by atoms with E-state index in [1.807, 2.05) is 36.4 Å². The van der Waals surface area contributed by atoms with Gasteiger partial charge in [0.25, 0.3) is 11.5 Å². The van der Waals surface area contributed by atoms with Gasteiger partial charge < -0.3 is 9.47 Å². The summed E-state index contributed by atoms with van der Waals surface area (Å²) in [7, 11) is 1.55. The van der Waals surface area contributed by atoms with Crippen LogP contribution < -0.4 is 15.7 Å². The SMILES string of the molecule is COCc1nn2c(ncc3c(=O)n(NC(=O)COc4ccc5ccccc5c4)ccc32)c1-c1ccc(F)cc1. The maximum atomic E-state index is 13.5. The number of benzene rings is 3. The predicted octanol–water partition coefficient (Wildman–Crippen LogP) is 4.30. The van der Waals surface area contributed by atoms with Crippen LogP contribution in [-0.4, -0.2) is 38.9 Å². The molecule has 0 radical (unpaired) electrons. The van der Waals surface area contributed by atoms with Crippen LogP contribution in [-0.2, 0) is 16.1 Å². The van der Waals surface area contributed by atoms with E-state index in [0.29, 0.717) is 28.2 Å². The van der Waals surface area contributed by atoms with Gasteiger partial charge in [-0.2, -0.15) is 5.10 Å². The molecule has 39 heavy (non-hydrogen) atoms. The molecule has 0 aliphatic carbocycles. The highest BCUT2D eigenvalue weighted by molar-refractivity contribution is 5.88. The highest BCUT2D eigenvalue weighted by Gasteiger charge is 2.19. The number of carbonyl (C=O) groups excluding carboxylic acids is 1. The molecular formula is C29H22FN5O4. The topological polar surface area (TPSA) is 99.8 Å². The van der Waals surface area contributed by atoms with Crippen LogP contribution in [0.1, 0.15) is 5.69 Å². The number of nitrogens with zero attached hydrogens (tertiary/aromatic N) is 4. The van der Waals surface area contributed by atoms with E-state index in [0.717, 1.165) is 21.0 Å². The molecule has 0 saturated heterocycles. The molecule has 3 aromatic carbocycles. The maximum absolute atomic E-state index is 13.5. The highest BCUT2D eigenvalue weighted by Crippen LogP contribution is 2.29. The number of hydrogen-bond acceptors (Lipinski definition) is 6. The molecule has 0 aliphatic heterocycles. The Morgan fingerprint density at radius 1 is 1.03 bits per heavy atom. The lowest BCUT2D eigenvalue weighted by molar-refractivity contribution is -0.119. The number of pyridine rings is 1. The molecule has 6 aromatic rings. The van der Waals surface area contributed by atoms with Crippen molar-refractivity contribution >= 4 is 33.2 Å². The van der Waals surface area contributed by atoms with Crippen molar-refractivity contribution in [3.63, 3.8) is 0 Å². The van der Waals surface area contributed by atoms with Gasteiger partial charge in [-0.15, -0.1) is 0 Å². The minimum Gasteiger partial charge on any atom is -0.484 e. The normalized spacial score (nSPS) is 11.3. The van der Waals surface area contributed by atoms with Gasteiger partial charge in [0.15, 0.2) is 12.3 Å². The van der Waals surface area contributed by atoms with Crippen molar-refractivity contribution < 1.29 is 18.7 Å². The van der Waals surface area contributed by atoms with Crippen LogP contribution in [0.15, 0.2) is 90.0 Å². The van der Waals surface area contributed by atoms with Gasteiger partial charge in [-0.05, 0) is 46.7 Å². The first-order chi connectivity index (χ1) is 19.0. The van der Waals surface area contributed by atoms with Gasteiger partial charge in [-0.25, -0.2) is 18.6 Å². The summed E-state index contributed by atoms with van der Waals surface area (Å²) >= 11 is 0. The summed E-state index contributed by atoms with van der Waals surface area (Å²) in [6, 6.07) is 21.1. The minimum atomic E-state index is -0.501. The number of methoxy groups -OCH3 is 1. The van der Waals surface area contributed by atoms with Crippen LogP contribution in [0.3, 0.4) is 0 Å². The number of fused-ring (bicyclic) bond motifs is 4. The summed E-state index contributed by atoms with van der Waals surface area (Å²) in [5.41, 5.74) is 5.05. The van der Waals surface area contributed by atoms with E-state index < -0.39 is 11.5 Å². The first-order valence-corrected chi connectivity index (χ1v) is 12.1. The number of rotatable bonds is 7. The van der Waals surface area contributed by atoms with Crippen molar-refractivity contribution in [2.75, 3.05) is 19.1 Å². The molecule has 1 N–H and O–H groups in total. The molecule has 0 saturated carbocycles. The van der Waals surface area contributed by atoms with Crippen molar-refractivity contribution in [2.45, 2.75) is 6.61 Å². The molecular weight excluding hydrogens is 501 g/mol. The first kappa shape index (κ1) is 24.3. The van der Waals surface area contributed by atoms with E-state index in [-0.39, 0.29) is 24.4 Å². The van der Waals surface area contributed by atoms with Gasteiger partial charge in [0.1, 0.15) is 11.6 Å². The van der Waals surface area contributed by atoms with Gasteiger partial charge >= 0.3 is 0 Å². The van der Waals surface area contributed by atoms with Gasteiger partial charge in [-0.3, -0.25) is 15.0 Å². The molecule has 3 heterocycles. The summed E-state index contributed by atoms with van der Waals surface area (Å²) < 4.78 is 27.1. The molecule has 0 aliphatic rings. The van der Waals surface area contributed by atoms with E-state index in [4.69, 9.17) is 9.47 Å². The van der Waals surface area contributed by atoms with Crippen molar-refractivity contribution in [3.8, 4) is 16.9 Å². The second-order valence-electron chi connectivity index (χ2n) is 8.88. The number of amides is 1. The molecule has 0 atom stereocenters. The molecule has 6 rings (SSSR count). The van der Waals surface area contributed by atoms with Crippen molar-refractivity contribution in [3.05, 3.63) is 107 Å². The predicted molar refractivity (Wildman–Crippen MR) is 145 cm³/mol. The number of halogens is 1. The zero-order valence-corrected chi connectivity index (χ0v) is 20.8. The number of hydrogen-bond donors (Lipinski definition) is 1. The fourth-order valence-electron chi connectivity index (χ4n) is 4.52. The maximum Gasteiger partial charge on any atom is 0.280 e. The summed E-state index contributed by atoms with van der Waals surface area (Å²) in [6.45, 7) is -0.0808. The summed E-state index contributed by atoms with van der Waals surface area (Å²) in [5, 5.41) is 6.93. The fourth-order valence-corrected chi connectivity index (χ4v) is 4.52. The standard InChI is InChI=1S/C29H22FN5O4/c1-38-16-24-27(19-6-9-21(30)10-7-19)28-31-15-23-25(35(28)32-24)12-13-34(29(23)37)33-26(36)17-39-22-11-8-18-4-2-3-5-20(18)14-22/h2-15H,16-17H2,1H3,(H,33,36). The number of aromatic nitrogens is 4. The molecule has 10 heteroatoms. The summed E-state index contributed by atoms with van der Waals surface area (Å²) in [6.07, 6.45) is 2.89. The fraction of sp³-hybridized carbons (Fsp3) is 0.103. The average molecular weight is 524 g/mol. The Morgan fingerprint density at radius 2 is 1.82 bits per heavy atom. The molecule has 1 amide bonds. The second kappa shape index (κ2) is 9.99. The third kappa shape index (κ3) is 4.57. The smallest absolute Gasteiger partial charge is 0.280 e. The van der Waals surface area contributed by atoms with Crippen molar-refractivity contribution in [1.29, 1.82) is 0 Å². The zero-order valence-electron chi connectivity index (χ0n) is 20.8. The van der Waals surface area contributed by atoms with Gasteiger partial charge in [0.2, 0.25) is 0 Å². The van der Waals surface area contributed by atoms with Crippen LogP contribution in [0.4, 0.5) is 4.39 Å². The number of ether oxygens (including phenoxy) is 2. The monoisotopic (exact) mass is 523 g/mol. The number of nitrogens with one attached hydrogen (secondary N) is 1. The Labute approximate surface area is 221 Å². The Hall–Kier alpha value is -5.09. The Kier molecular flexibility index (Phi) is 6.22. The van der Waals surface area contributed by atoms with Gasteiger partial charge in [0.05, 0.1) is 28.8 Å². The van der Waals surface area contributed by atoms with Crippen LogP contribution in [0.2, 0.25) is 0 Å². The van der Waals surface area contributed by atoms with Crippen LogP contribution in [0, 0.1) is 5.82 Å². The lowest BCUT2D eigenvalue weighted by Crippen LogP contribution is -2.35. The van der Waals surface area contributed by atoms with Crippen molar-refractivity contribution in [2.24, 2.45) is 0 Å². The van der Waals surface area contributed by atoms with Crippen molar-refractivity contribution in [1.82, 2.24) is 19.3 Å². The largest absolute Gasteiger partial charge is 0.484 e. The Bertz CT molecular complexity index is 1910. The van der Waals surface area contributed by atoms with Crippen LogP contribution >= 0.6 is 0 Å². The second-order valence-corrected chi connectivity index (χ2v) is 8.88. The highest BCUT2D eigenvalue weighted by atomic mass is 19.1. The third-order valence-electron chi connectivity index (χ3n) is 6.33. The van der Waals surface area contributed by atoms with E-state index in [9.17, 15) is 14.0 Å². The van der Waals surface area contributed by atoms with Gasteiger partial charge in [-0.1, -0.05) is 42.5 Å². The Morgan fingerprint density at radius 3 is 2.62 bits per heavy atom. The number of carbonyl (C=O) groups is 1.